The van der Waals surface area contributed by atoms with E-state index in [9.17, 15) is 0 Å². The van der Waals surface area contributed by atoms with Crippen molar-refractivity contribution in [1.82, 2.24) is 10.3 Å². The van der Waals surface area contributed by atoms with Gasteiger partial charge in [0.15, 0.2) is 0 Å². The molecule has 19 heavy (non-hydrogen) atoms. The van der Waals surface area contributed by atoms with Crippen LogP contribution < -0.4 is 5.32 Å². The Bertz CT molecular complexity index is 441. The predicted octanol–water partition coefficient (Wildman–Crippen LogP) is 1.56. The van der Waals surface area contributed by atoms with Crippen LogP contribution in [0.2, 0.25) is 0 Å². The highest BCUT2D eigenvalue weighted by molar-refractivity contribution is 6.01. The van der Waals surface area contributed by atoms with E-state index in [0.29, 0.717) is 12.0 Å². The van der Waals surface area contributed by atoms with E-state index in [-0.39, 0.29) is 11.6 Å². The maximum absolute atomic E-state index is 6.06. The van der Waals surface area contributed by atoms with Crippen molar-refractivity contribution in [2.24, 2.45) is 11.0 Å². The van der Waals surface area contributed by atoms with Crippen molar-refractivity contribution in [3.05, 3.63) is 24.3 Å². The Kier molecular flexibility index (Phi) is 3.23. The molecule has 0 aromatic rings. The maximum atomic E-state index is 6.06. The van der Waals surface area contributed by atoms with Gasteiger partial charge in [-0.3, -0.25) is 5.01 Å². The van der Waals surface area contributed by atoms with Crippen LogP contribution in [0.15, 0.2) is 29.4 Å². The molecular formula is C15H23N3O. The van der Waals surface area contributed by atoms with Gasteiger partial charge in [0.2, 0.25) is 0 Å². The fourth-order valence-electron chi connectivity index (χ4n) is 3.24. The van der Waals surface area contributed by atoms with E-state index in [0.717, 1.165) is 19.7 Å². The minimum Gasteiger partial charge on any atom is -0.372 e. The minimum atomic E-state index is -0.0588. The lowest BCUT2D eigenvalue weighted by Gasteiger charge is -2.47. The Morgan fingerprint density at radius 1 is 1.53 bits per heavy atom. The van der Waals surface area contributed by atoms with Crippen LogP contribution in [0, 0.1) is 5.92 Å². The van der Waals surface area contributed by atoms with Gasteiger partial charge in [-0.1, -0.05) is 32.1 Å². The third-order valence-electron chi connectivity index (χ3n) is 4.41. The highest BCUT2D eigenvalue weighted by Gasteiger charge is 2.53. The third kappa shape index (κ3) is 2.03. The summed E-state index contributed by atoms with van der Waals surface area (Å²) in [7, 11) is 0. The van der Waals surface area contributed by atoms with Gasteiger partial charge in [0.1, 0.15) is 0 Å². The van der Waals surface area contributed by atoms with Crippen molar-refractivity contribution >= 4 is 5.71 Å². The molecule has 0 aromatic carbocycles. The van der Waals surface area contributed by atoms with Crippen molar-refractivity contribution < 1.29 is 4.74 Å². The molecule has 0 amide bonds. The van der Waals surface area contributed by atoms with Gasteiger partial charge in [0.25, 0.3) is 0 Å². The zero-order valence-corrected chi connectivity index (χ0v) is 12.0. The molecule has 0 bridgehead atoms. The molecule has 3 atom stereocenters. The summed E-state index contributed by atoms with van der Waals surface area (Å²) < 4.78 is 6.06. The molecule has 0 saturated carbocycles. The van der Waals surface area contributed by atoms with E-state index in [1.54, 1.807) is 0 Å². The standard InChI is InChI=1S/C15H23N3O/c1-11(2)16-10-14-15(3)12-6-4-5-7-13(12)17-18(15)8-9-19-14/h4-7,11-12,14,16H,8-10H2,1-3H3. The first-order valence-corrected chi connectivity index (χ1v) is 7.18. The molecule has 2 heterocycles. The highest BCUT2D eigenvalue weighted by Crippen LogP contribution is 2.41. The monoisotopic (exact) mass is 261 g/mol. The van der Waals surface area contributed by atoms with Crippen LogP contribution in [-0.2, 0) is 4.74 Å². The zero-order chi connectivity index (χ0) is 13.5. The summed E-state index contributed by atoms with van der Waals surface area (Å²) in [5.74, 6) is 0.344. The molecule has 3 aliphatic rings. The lowest BCUT2D eigenvalue weighted by Crippen LogP contribution is -2.62. The van der Waals surface area contributed by atoms with E-state index in [1.807, 2.05) is 0 Å². The summed E-state index contributed by atoms with van der Waals surface area (Å²) in [5.41, 5.74) is 1.11. The van der Waals surface area contributed by atoms with Crippen molar-refractivity contribution in [1.29, 1.82) is 0 Å². The Balaban J connectivity index is 1.84. The van der Waals surface area contributed by atoms with E-state index in [1.165, 1.54) is 5.71 Å². The molecule has 3 rings (SSSR count). The molecule has 1 fully saturated rings. The lowest BCUT2D eigenvalue weighted by molar-refractivity contribution is -0.117. The SMILES string of the molecule is CC(C)NCC1OCCN2N=C3C=CC=CC3C12C. The minimum absolute atomic E-state index is 0.0588. The molecule has 1 saturated heterocycles. The number of nitrogens with zero attached hydrogens (tertiary/aromatic N) is 2. The molecule has 4 heteroatoms. The maximum Gasteiger partial charge on any atom is 0.0954 e. The second kappa shape index (κ2) is 4.76. The van der Waals surface area contributed by atoms with Crippen molar-refractivity contribution in [2.75, 3.05) is 19.7 Å². The number of morpholine rings is 1. The second-order valence-electron chi connectivity index (χ2n) is 6.02. The van der Waals surface area contributed by atoms with E-state index < -0.39 is 0 Å². The number of hydrazone groups is 1. The molecule has 3 unspecified atom stereocenters. The molecule has 0 aromatic heterocycles. The van der Waals surface area contributed by atoms with Crippen LogP contribution in [0.5, 0.6) is 0 Å². The average molecular weight is 261 g/mol. The van der Waals surface area contributed by atoms with E-state index in [4.69, 9.17) is 9.84 Å². The van der Waals surface area contributed by atoms with Crippen LogP contribution in [0.3, 0.4) is 0 Å². The average Bonchev–Trinajstić information content (AvgIpc) is 2.70. The summed E-state index contributed by atoms with van der Waals surface area (Å²) in [4.78, 5) is 0. The summed E-state index contributed by atoms with van der Waals surface area (Å²) in [6, 6.07) is 0.478. The molecule has 2 aliphatic heterocycles. The predicted molar refractivity (Wildman–Crippen MR) is 77.2 cm³/mol. The Morgan fingerprint density at radius 2 is 2.37 bits per heavy atom. The highest BCUT2D eigenvalue weighted by atomic mass is 16.5. The Hall–Kier alpha value is -1.13. The fourth-order valence-corrected chi connectivity index (χ4v) is 3.24. The Labute approximate surface area is 115 Å². The first-order valence-electron chi connectivity index (χ1n) is 7.18. The Morgan fingerprint density at radius 3 is 3.16 bits per heavy atom. The molecular weight excluding hydrogens is 238 g/mol. The number of fused-ring (bicyclic) bond motifs is 3. The fraction of sp³-hybridized carbons (Fsp3) is 0.667. The first kappa shape index (κ1) is 12.9. The van der Waals surface area contributed by atoms with Crippen LogP contribution in [0.25, 0.3) is 0 Å². The lowest BCUT2D eigenvalue weighted by atomic mass is 9.76. The number of rotatable bonds is 3. The normalized spacial score (nSPS) is 36.4. The van der Waals surface area contributed by atoms with Gasteiger partial charge < -0.3 is 10.1 Å². The topological polar surface area (TPSA) is 36.9 Å². The van der Waals surface area contributed by atoms with Gasteiger partial charge in [0.05, 0.1) is 30.5 Å². The van der Waals surface area contributed by atoms with Crippen LogP contribution >= 0.6 is 0 Å². The van der Waals surface area contributed by atoms with Gasteiger partial charge in [-0.05, 0) is 13.0 Å². The second-order valence-corrected chi connectivity index (χ2v) is 6.02. The van der Waals surface area contributed by atoms with Gasteiger partial charge in [0, 0.05) is 18.5 Å². The summed E-state index contributed by atoms with van der Waals surface area (Å²) in [6.45, 7) is 9.14. The van der Waals surface area contributed by atoms with Gasteiger partial charge in [-0.25, -0.2) is 0 Å². The summed E-state index contributed by atoms with van der Waals surface area (Å²) >= 11 is 0. The van der Waals surface area contributed by atoms with Gasteiger partial charge >= 0.3 is 0 Å². The van der Waals surface area contributed by atoms with Crippen molar-refractivity contribution in [3.8, 4) is 0 Å². The van der Waals surface area contributed by atoms with Crippen molar-refractivity contribution in [2.45, 2.75) is 38.5 Å². The van der Waals surface area contributed by atoms with Crippen molar-refractivity contribution in [3.63, 3.8) is 0 Å². The third-order valence-corrected chi connectivity index (χ3v) is 4.41. The van der Waals surface area contributed by atoms with Crippen LogP contribution in [-0.4, -0.2) is 48.1 Å². The molecule has 4 nitrogen and oxygen atoms in total. The number of hydrogen-bond acceptors (Lipinski definition) is 4. The molecule has 1 N–H and O–H groups in total. The summed E-state index contributed by atoms with van der Waals surface area (Å²) in [5, 5.41) is 10.5. The van der Waals surface area contributed by atoms with Gasteiger partial charge in [-0.2, -0.15) is 5.10 Å². The largest absolute Gasteiger partial charge is 0.372 e. The molecule has 104 valence electrons. The van der Waals surface area contributed by atoms with E-state index in [2.05, 4.69) is 55.4 Å². The molecule has 1 aliphatic carbocycles. The zero-order valence-electron chi connectivity index (χ0n) is 12.0. The number of hydrogen-bond donors (Lipinski definition) is 1. The first-order chi connectivity index (χ1) is 9.12. The van der Waals surface area contributed by atoms with Gasteiger partial charge in [-0.15, -0.1) is 0 Å². The quantitative estimate of drug-likeness (QED) is 0.837. The number of ether oxygens (including phenoxy) is 1. The molecule has 0 spiro atoms. The van der Waals surface area contributed by atoms with Crippen LogP contribution in [0.1, 0.15) is 20.8 Å². The smallest absolute Gasteiger partial charge is 0.0954 e. The summed E-state index contributed by atoms with van der Waals surface area (Å²) in [6.07, 6.45) is 8.75. The van der Waals surface area contributed by atoms with E-state index >= 15 is 0 Å². The van der Waals surface area contributed by atoms with Crippen LogP contribution in [0.4, 0.5) is 0 Å². The number of allylic oxidation sites excluding steroid dienone is 3. The molecule has 0 radical (unpaired) electrons. The number of nitrogens with one attached hydrogen (secondary N) is 1.